The molecule has 1 rings (SSSR count). The Morgan fingerprint density at radius 1 is 1.43 bits per heavy atom. The zero-order valence-corrected chi connectivity index (χ0v) is 7.69. The van der Waals surface area contributed by atoms with Gasteiger partial charge in [0.15, 0.2) is 0 Å². The fourth-order valence-electron chi connectivity index (χ4n) is 1.11. The fourth-order valence-corrected chi connectivity index (χ4v) is 1.11. The van der Waals surface area contributed by atoms with E-state index in [0.29, 0.717) is 12.1 Å². The van der Waals surface area contributed by atoms with Crippen molar-refractivity contribution in [1.29, 1.82) is 0 Å². The van der Waals surface area contributed by atoms with Gasteiger partial charge in [-0.15, -0.1) is 0 Å². The van der Waals surface area contributed by atoms with E-state index in [1.165, 1.54) is 0 Å². The van der Waals surface area contributed by atoms with Gasteiger partial charge in [-0.2, -0.15) is 13.2 Å². The second-order valence-electron chi connectivity index (χ2n) is 2.78. The van der Waals surface area contributed by atoms with Crippen LogP contribution in [0.4, 0.5) is 13.2 Å². The minimum atomic E-state index is -4.52. The predicted molar refractivity (Wildman–Crippen MR) is 43.6 cm³/mol. The van der Waals surface area contributed by atoms with Gasteiger partial charge in [0.05, 0.1) is 5.69 Å². The molecule has 0 radical (unpaired) electrons. The first-order chi connectivity index (χ1) is 6.49. The van der Waals surface area contributed by atoms with E-state index in [1.54, 1.807) is 6.92 Å². The van der Waals surface area contributed by atoms with E-state index in [2.05, 4.69) is 9.40 Å². The molecule has 0 spiro atoms. The van der Waals surface area contributed by atoms with Crippen molar-refractivity contribution in [1.82, 2.24) is 4.98 Å². The Morgan fingerprint density at radius 3 is 2.50 bits per heavy atom. The maximum absolute atomic E-state index is 12.2. The molecule has 6 heteroatoms. The molecule has 0 saturated carbocycles. The normalized spacial score (nSPS) is 12.1. The third-order valence-electron chi connectivity index (χ3n) is 1.73. The van der Waals surface area contributed by atoms with Crippen LogP contribution in [0.15, 0.2) is 4.42 Å². The molecule has 0 aromatic carbocycles. The lowest BCUT2D eigenvalue weighted by Crippen LogP contribution is -2.05. The van der Waals surface area contributed by atoms with Crippen molar-refractivity contribution < 1.29 is 17.6 Å². The Bertz CT molecular complexity index is 306. The zero-order chi connectivity index (χ0) is 10.8. The summed E-state index contributed by atoms with van der Waals surface area (Å²) in [5.41, 5.74) is 5.57. The molecule has 0 atom stereocenters. The van der Waals surface area contributed by atoms with Gasteiger partial charge in [-0.05, 0) is 13.0 Å². The molecule has 0 fully saturated rings. The molecule has 0 aliphatic carbocycles. The molecule has 2 N–H and O–H groups in total. The number of alkyl halides is 3. The van der Waals surface area contributed by atoms with Crippen LogP contribution in [-0.4, -0.2) is 11.5 Å². The minimum Gasteiger partial charge on any atom is -0.438 e. The van der Waals surface area contributed by atoms with Gasteiger partial charge in [-0.3, -0.25) is 0 Å². The highest BCUT2D eigenvalue weighted by Crippen LogP contribution is 2.30. The van der Waals surface area contributed by atoms with Crippen LogP contribution in [0.2, 0.25) is 0 Å². The number of halogens is 3. The average Bonchev–Trinajstić information content (AvgIpc) is 2.47. The number of hydrogen-bond donors (Lipinski definition) is 1. The summed E-state index contributed by atoms with van der Waals surface area (Å²) in [4.78, 5) is 3.37. The molecule has 1 heterocycles. The Hall–Kier alpha value is -1.04. The number of rotatable bonds is 3. The standard InChI is InChI=1S/C8H11F3N2O/c1-2-5-6(3-4-12)14-7(13-5)8(9,10)11/h2-4,12H2,1H3. The molecule has 3 nitrogen and oxygen atoms in total. The smallest absolute Gasteiger partial charge is 0.438 e. The number of oxazole rings is 1. The van der Waals surface area contributed by atoms with Crippen LogP contribution >= 0.6 is 0 Å². The first kappa shape index (κ1) is 11.0. The van der Waals surface area contributed by atoms with Crippen molar-refractivity contribution in [2.24, 2.45) is 5.73 Å². The quantitative estimate of drug-likeness (QED) is 0.823. The minimum absolute atomic E-state index is 0.238. The molecule has 80 valence electrons. The molecule has 0 aliphatic rings. The second kappa shape index (κ2) is 4.00. The van der Waals surface area contributed by atoms with Gasteiger partial charge in [0, 0.05) is 6.42 Å². The molecule has 14 heavy (non-hydrogen) atoms. The van der Waals surface area contributed by atoms with Crippen molar-refractivity contribution in [3.8, 4) is 0 Å². The summed E-state index contributed by atoms with van der Waals surface area (Å²) >= 11 is 0. The van der Waals surface area contributed by atoms with Crippen molar-refractivity contribution in [3.05, 3.63) is 17.3 Å². The summed E-state index contributed by atoms with van der Waals surface area (Å²) in [5, 5.41) is 0. The Balaban J connectivity index is 3.00. The highest BCUT2D eigenvalue weighted by molar-refractivity contribution is 5.11. The maximum atomic E-state index is 12.2. The monoisotopic (exact) mass is 208 g/mol. The zero-order valence-electron chi connectivity index (χ0n) is 7.69. The molecule has 0 aliphatic heterocycles. The summed E-state index contributed by atoms with van der Waals surface area (Å²) in [6.45, 7) is 1.97. The lowest BCUT2D eigenvalue weighted by molar-refractivity contribution is -0.157. The summed E-state index contributed by atoms with van der Waals surface area (Å²) in [7, 11) is 0. The van der Waals surface area contributed by atoms with Crippen molar-refractivity contribution in [3.63, 3.8) is 0 Å². The number of aryl methyl sites for hydroxylation is 1. The summed E-state index contributed by atoms with van der Waals surface area (Å²) in [6, 6.07) is 0. The molecule has 1 aromatic heterocycles. The van der Waals surface area contributed by atoms with E-state index in [9.17, 15) is 13.2 Å². The van der Waals surface area contributed by atoms with Crippen LogP contribution in [0.3, 0.4) is 0 Å². The van der Waals surface area contributed by atoms with Crippen LogP contribution in [-0.2, 0) is 19.0 Å². The molecule has 0 amide bonds. The fraction of sp³-hybridized carbons (Fsp3) is 0.625. The van der Waals surface area contributed by atoms with Gasteiger partial charge in [-0.25, -0.2) is 4.98 Å². The number of nitrogens with two attached hydrogens (primary N) is 1. The van der Waals surface area contributed by atoms with E-state index >= 15 is 0 Å². The molecular formula is C8H11F3N2O. The summed E-state index contributed by atoms with van der Waals surface area (Å²) < 4.78 is 41.1. The first-order valence-corrected chi connectivity index (χ1v) is 4.24. The first-order valence-electron chi connectivity index (χ1n) is 4.24. The van der Waals surface area contributed by atoms with Gasteiger partial charge in [0.1, 0.15) is 5.76 Å². The highest BCUT2D eigenvalue weighted by Gasteiger charge is 2.38. The second-order valence-corrected chi connectivity index (χ2v) is 2.78. The third-order valence-corrected chi connectivity index (χ3v) is 1.73. The number of nitrogens with zero attached hydrogens (tertiary/aromatic N) is 1. The van der Waals surface area contributed by atoms with E-state index in [0.717, 1.165) is 0 Å². The Morgan fingerprint density at radius 2 is 2.07 bits per heavy atom. The van der Waals surface area contributed by atoms with Crippen molar-refractivity contribution in [2.45, 2.75) is 25.9 Å². The van der Waals surface area contributed by atoms with Gasteiger partial charge in [-0.1, -0.05) is 6.92 Å². The number of aromatic nitrogens is 1. The van der Waals surface area contributed by atoms with Crippen molar-refractivity contribution >= 4 is 0 Å². The largest absolute Gasteiger partial charge is 0.468 e. The van der Waals surface area contributed by atoms with Crippen LogP contribution < -0.4 is 5.73 Å². The van der Waals surface area contributed by atoms with Gasteiger partial charge in [0.25, 0.3) is 0 Å². The highest BCUT2D eigenvalue weighted by atomic mass is 19.4. The molecule has 1 aromatic rings. The topological polar surface area (TPSA) is 52.0 Å². The van der Waals surface area contributed by atoms with Gasteiger partial charge < -0.3 is 10.2 Å². The predicted octanol–water partition coefficient (Wildman–Crippen LogP) is 1.76. The summed E-state index contributed by atoms with van der Waals surface area (Å²) in [6.07, 6.45) is -3.82. The molecule has 0 unspecified atom stereocenters. The maximum Gasteiger partial charge on any atom is 0.468 e. The Kier molecular flexibility index (Phi) is 3.15. The lowest BCUT2D eigenvalue weighted by Gasteiger charge is -1.98. The molecule has 0 saturated heterocycles. The van der Waals surface area contributed by atoms with Crippen molar-refractivity contribution in [2.75, 3.05) is 6.54 Å². The van der Waals surface area contributed by atoms with E-state index in [1.807, 2.05) is 0 Å². The number of hydrogen-bond acceptors (Lipinski definition) is 3. The van der Waals surface area contributed by atoms with Crippen LogP contribution in [0.1, 0.15) is 24.3 Å². The lowest BCUT2D eigenvalue weighted by atomic mass is 10.2. The van der Waals surface area contributed by atoms with E-state index in [-0.39, 0.29) is 18.7 Å². The van der Waals surface area contributed by atoms with Crippen LogP contribution in [0.25, 0.3) is 0 Å². The van der Waals surface area contributed by atoms with E-state index in [4.69, 9.17) is 5.73 Å². The van der Waals surface area contributed by atoms with Gasteiger partial charge >= 0.3 is 12.1 Å². The molecular weight excluding hydrogens is 197 g/mol. The van der Waals surface area contributed by atoms with Crippen LogP contribution in [0.5, 0.6) is 0 Å². The van der Waals surface area contributed by atoms with E-state index < -0.39 is 12.1 Å². The summed E-state index contributed by atoms with van der Waals surface area (Å²) in [5.74, 6) is -0.944. The van der Waals surface area contributed by atoms with Gasteiger partial charge in [0.2, 0.25) is 0 Å². The van der Waals surface area contributed by atoms with Crippen LogP contribution in [0, 0.1) is 0 Å². The SMILES string of the molecule is CCc1nc(C(F)(F)F)oc1CCN. The average molecular weight is 208 g/mol. The third kappa shape index (κ3) is 2.25. The molecule has 0 bridgehead atoms. The Labute approximate surface area is 79.1 Å².